The zero-order valence-corrected chi connectivity index (χ0v) is 5.93. The Labute approximate surface area is 63.4 Å². The molecule has 0 bridgehead atoms. The fourth-order valence-electron chi connectivity index (χ4n) is 0.975. The fourth-order valence-corrected chi connectivity index (χ4v) is 1.22. The summed E-state index contributed by atoms with van der Waals surface area (Å²) < 4.78 is 0. The smallest absolute Gasteiger partial charge is 0.169 e. The lowest BCUT2D eigenvalue weighted by Crippen LogP contribution is -2.47. The Bertz CT molecular complexity index is 222. The van der Waals surface area contributed by atoms with Gasteiger partial charge in [0.2, 0.25) is 0 Å². The largest absolute Gasteiger partial charge is 0.364 e. The summed E-state index contributed by atoms with van der Waals surface area (Å²) >= 11 is 5.00. The van der Waals surface area contributed by atoms with Gasteiger partial charge in [-0.25, -0.2) is 9.98 Å². The zero-order valence-electron chi connectivity index (χ0n) is 5.11. The average Bonchev–Trinajstić information content (AvgIpc) is 2.36. The van der Waals surface area contributed by atoms with Crippen LogP contribution in [0.15, 0.2) is 9.98 Å². The van der Waals surface area contributed by atoms with E-state index in [4.69, 9.17) is 12.2 Å². The molecular formula is C5H6N4S. The van der Waals surface area contributed by atoms with Crippen molar-refractivity contribution in [3.8, 4) is 0 Å². The molecule has 2 aliphatic heterocycles. The van der Waals surface area contributed by atoms with E-state index in [9.17, 15) is 0 Å². The van der Waals surface area contributed by atoms with Crippen molar-refractivity contribution in [2.45, 2.75) is 12.2 Å². The van der Waals surface area contributed by atoms with Crippen LogP contribution < -0.4 is 10.6 Å². The summed E-state index contributed by atoms with van der Waals surface area (Å²) in [6, 6.07) is 0.0833. The minimum Gasteiger partial charge on any atom is -0.364 e. The van der Waals surface area contributed by atoms with Crippen molar-refractivity contribution in [1.82, 2.24) is 10.6 Å². The van der Waals surface area contributed by atoms with Gasteiger partial charge in [-0.05, 0) is 0 Å². The Morgan fingerprint density at radius 3 is 3.00 bits per heavy atom. The standard InChI is InChI=1S/C5H6N4S/c10-5-3-4(7-1-6-3)8-2-9-5/h1-4H,(H,6,7)(H,8,9,10)/t3-,4+/m1/s1. The van der Waals surface area contributed by atoms with Crippen molar-refractivity contribution in [2.75, 3.05) is 0 Å². The molecule has 0 aliphatic carbocycles. The Morgan fingerprint density at radius 1 is 1.40 bits per heavy atom. The van der Waals surface area contributed by atoms with Crippen LogP contribution in [0.3, 0.4) is 0 Å². The van der Waals surface area contributed by atoms with Crippen LogP contribution in [0, 0.1) is 0 Å². The van der Waals surface area contributed by atoms with Crippen LogP contribution in [0.1, 0.15) is 0 Å². The van der Waals surface area contributed by atoms with Gasteiger partial charge in [0.25, 0.3) is 0 Å². The van der Waals surface area contributed by atoms with E-state index in [1.54, 1.807) is 12.7 Å². The summed E-state index contributed by atoms with van der Waals surface area (Å²) in [7, 11) is 0. The molecule has 0 saturated carbocycles. The van der Waals surface area contributed by atoms with Crippen LogP contribution >= 0.6 is 12.2 Å². The lowest BCUT2D eigenvalue weighted by molar-refractivity contribution is 0.645. The van der Waals surface area contributed by atoms with Crippen LogP contribution in [-0.4, -0.2) is 29.9 Å². The van der Waals surface area contributed by atoms with E-state index in [1.807, 2.05) is 0 Å². The molecule has 0 aromatic heterocycles. The van der Waals surface area contributed by atoms with Crippen molar-refractivity contribution in [3.05, 3.63) is 0 Å². The third-order valence-corrected chi connectivity index (χ3v) is 1.87. The molecule has 0 saturated heterocycles. The third-order valence-electron chi connectivity index (χ3n) is 1.50. The van der Waals surface area contributed by atoms with E-state index in [2.05, 4.69) is 20.6 Å². The molecule has 4 nitrogen and oxygen atoms in total. The van der Waals surface area contributed by atoms with Gasteiger partial charge in [0, 0.05) is 0 Å². The molecular weight excluding hydrogens is 148 g/mol. The van der Waals surface area contributed by atoms with Crippen LogP contribution in [0.4, 0.5) is 0 Å². The summed E-state index contributed by atoms with van der Waals surface area (Å²) in [5.74, 6) is 0. The van der Waals surface area contributed by atoms with Gasteiger partial charge in [0.15, 0.2) is 6.17 Å². The average molecular weight is 154 g/mol. The molecule has 52 valence electrons. The molecule has 0 aromatic carbocycles. The van der Waals surface area contributed by atoms with E-state index in [-0.39, 0.29) is 12.2 Å². The van der Waals surface area contributed by atoms with Gasteiger partial charge < -0.3 is 10.6 Å². The maximum absolute atomic E-state index is 5.00. The van der Waals surface area contributed by atoms with Gasteiger partial charge in [-0.3, -0.25) is 0 Å². The highest BCUT2D eigenvalue weighted by molar-refractivity contribution is 7.80. The first-order chi connectivity index (χ1) is 4.88. The van der Waals surface area contributed by atoms with Crippen LogP contribution in [0.2, 0.25) is 0 Å². The van der Waals surface area contributed by atoms with Gasteiger partial charge >= 0.3 is 0 Å². The predicted molar refractivity (Wildman–Crippen MR) is 43.4 cm³/mol. The van der Waals surface area contributed by atoms with Crippen LogP contribution in [0.5, 0.6) is 0 Å². The molecule has 2 rings (SSSR count). The molecule has 0 amide bonds. The first-order valence-electron chi connectivity index (χ1n) is 2.97. The summed E-state index contributed by atoms with van der Waals surface area (Å²) in [5.41, 5.74) is 0. The summed E-state index contributed by atoms with van der Waals surface area (Å²) in [6.45, 7) is 0. The molecule has 2 N–H and O–H groups in total. The second kappa shape index (κ2) is 2.02. The fraction of sp³-hybridized carbons (Fsp3) is 0.400. The van der Waals surface area contributed by atoms with E-state index in [0.717, 1.165) is 4.99 Å². The molecule has 0 aromatic rings. The minimum absolute atomic E-state index is 0.0336. The quantitative estimate of drug-likeness (QED) is 0.452. The number of aliphatic imine (C=N–C) groups is 2. The number of thiocarbonyl (C=S) groups is 1. The number of rotatable bonds is 0. The van der Waals surface area contributed by atoms with Crippen molar-refractivity contribution >= 4 is 29.9 Å². The lowest BCUT2D eigenvalue weighted by atomic mass is 10.2. The predicted octanol–water partition coefficient (Wildman–Crippen LogP) is -0.729. The summed E-state index contributed by atoms with van der Waals surface area (Å²) in [4.78, 5) is 8.87. The minimum atomic E-state index is -0.0336. The van der Waals surface area contributed by atoms with E-state index in [1.165, 1.54) is 0 Å². The first-order valence-corrected chi connectivity index (χ1v) is 3.38. The second-order valence-electron chi connectivity index (χ2n) is 2.12. The Morgan fingerprint density at radius 2 is 2.20 bits per heavy atom. The maximum atomic E-state index is 5.00. The summed E-state index contributed by atoms with van der Waals surface area (Å²) in [5, 5.41) is 5.85. The third kappa shape index (κ3) is 0.706. The van der Waals surface area contributed by atoms with E-state index >= 15 is 0 Å². The SMILES string of the molecule is S=C1NC=N[C@@H]2N=CN[C@@H]12. The number of nitrogens with one attached hydrogen (secondary N) is 2. The van der Waals surface area contributed by atoms with Crippen molar-refractivity contribution in [3.63, 3.8) is 0 Å². The molecule has 0 spiro atoms. The van der Waals surface area contributed by atoms with Crippen LogP contribution in [-0.2, 0) is 0 Å². The number of fused-ring (bicyclic) bond motifs is 1. The zero-order chi connectivity index (χ0) is 6.97. The van der Waals surface area contributed by atoms with E-state index in [0.29, 0.717) is 0 Å². The van der Waals surface area contributed by atoms with Crippen molar-refractivity contribution in [2.24, 2.45) is 9.98 Å². The monoisotopic (exact) mass is 154 g/mol. The van der Waals surface area contributed by atoms with Gasteiger partial charge in [-0.15, -0.1) is 0 Å². The van der Waals surface area contributed by atoms with Crippen molar-refractivity contribution in [1.29, 1.82) is 0 Å². The summed E-state index contributed by atoms with van der Waals surface area (Å²) in [6.07, 6.45) is 3.20. The molecule has 10 heavy (non-hydrogen) atoms. The molecule has 2 heterocycles. The molecule has 0 unspecified atom stereocenters. The van der Waals surface area contributed by atoms with Gasteiger partial charge in [-0.1, -0.05) is 12.2 Å². The second-order valence-corrected chi connectivity index (χ2v) is 2.56. The highest BCUT2D eigenvalue weighted by Crippen LogP contribution is 2.08. The van der Waals surface area contributed by atoms with Crippen molar-refractivity contribution < 1.29 is 0 Å². The molecule has 2 aliphatic rings. The molecule has 5 heteroatoms. The topological polar surface area (TPSA) is 48.8 Å². The number of hydrogen-bond acceptors (Lipinski definition) is 4. The van der Waals surface area contributed by atoms with E-state index < -0.39 is 0 Å². The Hall–Kier alpha value is -0.970. The normalized spacial score (nSPS) is 35.0. The highest BCUT2D eigenvalue weighted by Gasteiger charge is 2.28. The number of nitrogens with zero attached hydrogens (tertiary/aromatic N) is 2. The van der Waals surface area contributed by atoms with Gasteiger partial charge in [-0.2, -0.15) is 0 Å². The number of hydrogen-bond donors (Lipinski definition) is 2. The molecule has 0 radical (unpaired) electrons. The van der Waals surface area contributed by atoms with Gasteiger partial charge in [0.05, 0.1) is 12.7 Å². The first kappa shape index (κ1) is 5.79. The Kier molecular flexibility index (Phi) is 1.17. The Balaban J connectivity index is 2.27. The molecule has 2 atom stereocenters. The maximum Gasteiger partial charge on any atom is 0.169 e. The highest BCUT2D eigenvalue weighted by atomic mass is 32.1. The molecule has 0 fully saturated rings. The van der Waals surface area contributed by atoms with Gasteiger partial charge in [0.1, 0.15) is 11.0 Å². The van der Waals surface area contributed by atoms with Crippen LogP contribution in [0.25, 0.3) is 0 Å². The lowest BCUT2D eigenvalue weighted by Gasteiger charge is -2.19.